The lowest BCUT2D eigenvalue weighted by Gasteiger charge is -2.50. The van der Waals surface area contributed by atoms with E-state index in [0.717, 1.165) is 35.7 Å². The highest BCUT2D eigenvalue weighted by molar-refractivity contribution is 5.96. The number of likely N-dealkylation sites (tertiary alicyclic amines) is 1. The molecule has 2 aliphatic carbocycles. The van der Waals surface area contributed by atoms with Crippen LogP contribution in [0.4, 0.5) is 21.0 Å². The summed E-state index contributed by atoms with van der Waals surface area (Å²) in [7, 11) is 0. The van der Waals surface area contributed by atoms with Gasteiger partial charge in [0, 0.05) is 43.0 Å². The number of benzene rings is 1. The highest BCUT2D eigenvalue weighted by Crippen LogP contribution is 2.55. The van der Waals surface area contributed by atoms with Crippen LogP contribution in [0.3, 0.4) is 0 Å². The summed E-state index contributed by atoms with van der Waals surface area (Å²) >= 11 is 0. The number of nitrogens with zero attached hydrogens (tertiary/aromatic N) is 2. The molecule has 4 atom stereocenters. The Morgan fingerprint density at radius 1 is 1.25 bits per heavy atom. The first kappa shape index (κ1) is 14.1. The predicted molar refractivity (Wildman–Crippen MR) is 91.0 cm³/mol. The van der Waals surface area contributed by atoms with Crippen LogP contribution in [0.2, 0.25) is 0 Å². The number of rotatable bonds is 2. The van der Waals surface area contributed by atoms with Gasteiger partial charge in [0.15, 0.2) is 0 Å². The fourth-order valence-corrected chi connectivity index (χ4v) is 5.22. The van der Waals surface area contributed by atoms with E-state index in [1.165, 1.54) is 19.3 Å². The Bertz CT molecular complexity index is 704. The molecule has 2 saturated heterocycles. The molecular formula is C18H22N4O2. The predicted octanol–water partition coefficient (Wildman–Crippen LogP) is 2.48. The van der Waals surface area contributed by atoms with Crippen molar-refractivity contribution in [1.29, 1.82) is 0 Å². The van der Waals surface area contributed by atoms with Crippen molar-refractivity contribution < 1.29 is 9.59 Å². The van der Waals surface area contributed by atoms with Gasteiger partial charge in [0.25, 0.3) is 0 Å². The zero-order valence-electron chi connectivity index (χ0n) is 13.6. The Morgan fingerprint density at radius 2 is 2.12 bits per heavy atom. The number of nitrogens with one attached hydrogen (secondary N) is 2. The summed E-state index contributed by atoms with van der Waals surface area (Å²) in [5.41, 5.74) is 1.58. The number of hydrogen-bond acceptors (Lipinski definition) is 2. The zero-order valence-corrected chi connectivity index (χ0v) is 13.6. The van der Waals surface area contributed by atoms with Crippen LogP contribution in [0.25, 0.3) is 0 Å². The molecule has 0 unspecified atom stereocenters. The maximum atomic E-state index is 12.6. The number of hydrogen-bond donors (Lipinski definition) is 2. The van der Waals surface area contributed by atoms with Gasteiger partial charge >= 0.3 is 12.1 Å². The van der Waals surface area contributed by atoms with Gasteiger partial charge in [-0.15, -0.1) is 0 Å². The van der Waals surface area contributed by atoms with E-state index in [1.54, 1.807) is 4.90 Å². The normalized spacial score (nSPS) is 33.2. The number of amides is 4. The lowest BCUT2D eigenvalue weighted by molar-refractivity contribution is 0.0177. The second kappa shape index (κ2) is 5.13. The van der Waals surface area contributed by atoms with Gasteiger partial charge in [-0.1, -0.05) is 6.07 Å². The summed E-state index contributed by atoms with van der Waals surface area (Å²) in [6, 6.07) is 7.94. The summed E-state index contributed by atoms with van der Waals surface area (Å²) in [6.07, 6.45) is 3.97. The summed E-state index contributed by atoms with van der Waals surface area (Å²) < 4.78 is 0. The first-order chi connectivity index (χ1) is 11.7. The first-order valence-corrected chi connectivity index (χ1v) is 8.94. The van der Waals surface area contributed by atoms with Crippen LogP contribution in [0, 0.1) is 17.8 Å². The van der Waals surface area contributed by atoms with Gasteiger partial charge in [-0.3, -0.25) is 4.90 Å². The number of urea groups is 2. The Balaban J connectivity index is 1.28. The third-order valence-corrected chi connectivity index (χ3v) is 6.34. The third-order valence-electron chi connectivity index (χ3n) is 6.34. The Labute approximate surface area is 141 Å². The molecule has 6 heteroatoms. The van der Waals surface area contributed by atoms with E-state index in [2.05, 4.69) is 10.6 Å². The second-order valence-electron chi connectivity index (χ2n) is 7.50. The van der Waals surface area contributed by atoms with Gasteiger partial charge in [0.1, 0.15) is 0 Å². The van der Waals surface area contributed by atoms with Gasteiger partial charge in [0.05, 0.1) is 0 Å². The van der Waals surface area contributed by atoms with Crippen LogP contribution in [-0.2, 0) is 0 Å². The van der Waals surface area contributed by atoms with E-state index < -0.39 is 0 Å². The summed E-state index contributed by atoms with van der Waals surface area (Å²) in [6.45, 7) is 2.23. The number of fused-ring (bicyclic) bond motifs is 5. The van der Waals surface area contributed by atoms with Crippen molar-refractivity contribution in [2.75, 3.05) is 29.9 Å². The first-order valence-electron chi connectivity index (χ1n) is 8.94. The average Bonchev–Trinajstić information content (AvgIpc) is 3.21. The van der Waals surface area contributed by atoms with Crippen molar-refractivity contribution in [2.24, 2.45) is 17.8 Å². The van der Waals surface area contributed by atoms with Crippen molar-refractivity contribution in [3.05, 3.63) is 24.3 Å². The monoisotopic (exact) mass is 326 g/mol. The maximum Gasteiger partial charge on any atom is 0.322 e. The van der Waals surface area contributed by atoms with Crippen molar-refractivity contribution in [1.82, 2.24) is 10.2 Å². The van der Waals surface area contributed by atoms with E-state index in [0.29, 0.717) is 19.1 Å². The molecular weight excluding hydrogens is 304 g/mol. The SMILES string of the molecule is O=C1NCCN1c1cccc(NC(=O)N2C[C@H]3[C@H]4CC[C@@H](C4)[C@H]32)c1. The van der Waals surface area contributed by atoms with Gasteiger partial charge in [-0.05, 0) is 49.3 Å². The minimum absolute atomic E-state index is 0.00632. The van der Waals surface area contributed by atoms with Crippen LogP contribution in [0.5, 0.6) is 0 Å². The number of carbonyl (C=O) groups excluding carboxylic acids is 2. The van der Waals surface area contributed by atoms with E-state index in [9.17, 15) is 9.59 Å². The molecule has 0 spiro atoms. The molecule has 6 nitrogen and oxygen atoms in total. The highest BCUT2D eigenvalue weighted by Gasteiger charge is 2.57. The lowest BCUT2D eigenvalue weighted by Crippen LogP contribution is -2.61. The molecule has 2 heterocycles. The summed E-state index contributed by atoms with van der Waals surface area (Å²) in [4.78, 5) is 28.1. The van der Waals surface area contributed by atoms with Crippen molar-refractivity contribution in [2.45, 2.75) is 25.3 Å². The molecule has 4 fully saturated rings. The molecule has 24 heavy (non-hydrogen) atoms. The zero-order chi connectivity index (χ0) is 16.3. The quantitative estimate of drug-likeness (QED) is 0.877. The van der Waals surface area contributed by atoms with Crippen LogP contribution in [0.1, 0.15) is 19.3 Å². The molecule has 2 aliphatic heterocycles. The van der Waals surface area contributed by atoms with Crippen LogP contribution in [-0.4, -0.2) is 42.6 Å². The molecule has 5 rings (SSSR count). The minimum Gasteiger partial charge on any atom is -0.336 e. The van der Waals surface area contributed by atoms with Gasteiger partial charge in [0.2, 0.25) is 0 Å². The molecule has 126 valence electrons. The smallest absolute Gasteiger partial charge is 0.322 e. The summed E-state index contributed by atoms with van der Waals surface area (Å²) in [5.74, 6) is 2.33. The topological polar surface area (TPSA) is 64.7 Å². The lowest BCUT2D eigenvalue weighted by atomic mass is 9.77. The van der Waals surface area contributed by atoms with Gasteiger partial charge in [-0.2, -0.15) is 0 Å². The Hall–Kier alpha value is -2.24. The molecule has 2 bridgehead atoms. The van der Waals surface area contributed by atoms with E-state index in [1.807, 2.05) is 29.2 Å². The van der Waals surface area contributed by atoms with E-state index in [4.69, 9.17) is 0 Å². The van der Waals surface area contributed by atoms with Crippen LogP contribution in [0.15, 0.2) is 24.3 Å². The van der Waals surface area contributed by atoms with Gasteiger partial charge in [-0.25, -0.2) is 9.59 Å². The van der Waals surface area contributed by atoms with E-state index >= 15 is 0 Å². The molecule has 2 saturated carbocycles. The van der Waals surface area contributed by atoms with Crippen molar-refractivity contribution in [3.63, 3.8) is 0 Å². The minimum atomic E-state index is -0.0777. The van der Waals surface area contributed by atoms with E-state index in [-0.39, 0.29) is 12.1 Å². The standard InChI is InChI=1S/C18H22N4O2/c23-17-19-6-7-21(17)14-3-1-2-13(9-14)20-18(24)22-10-15-11-4-5-12(8-11)16(15)22/h1-3,9,11-12,15-16H,4-8,10H2,(H,19,23)(H,20,24)/t11-,12-,15-,16+/m0/s1. The molecule has 4 amide bonds. The molecule has 4 aliphatic rings. The molecule has 0 aromatic heterocycles. The summed E-state index contributed by atoms with van der Waals surface area (Å²) in [5, 5.41) is 5.82. The Kier molecular flexibility index (Phi) is 3.02. The highest BCUT2D eigenvalue weighted by atomic mass is 16.2. The van der Waals surface area contributed by atoms with Crippen LogP contribution >= 0.6 is 0 Å². The molecule has 1 aromatic rings. The fraction of sp³-hybridized carbons (Fsp3) is 0.556. The van der Waals surface area contributed by atoms with Crippen molar-refractivity contribution >= 4 is 23.4 Å². The van der Waals surface area contributed by atoms with Crippen LogP contribution < -0.4 is 15.5 Å². The maximum absolute atomic E-state index is 12.6. The molecule has 1 aromatic carbocycles. The fourth-order valence-electron chi connectivity index (χ4n) is 5.22. The Morgan fingerprint density at radius 3 is 2.92 bits per heavy atom. The molecule has 0 radical (unpaired) electrons. The average molecular weight is 326 g/mol. The second-order valence-corrected chi connectivity index (χ2v) is 7.50. The number of carbonyl (C=O) groups is 2. The third kappa shape index (κ3) is 2.01. The number of anilines is 2. The van der Waals surface area contributed by atoms with Gasteiger partial charge < -0.3 is 15.5 Å². The molecule has 2 N–H and O–H groups in total. The largest absolute Gasteiger partial charge is 0.336 e. The van der Waals surface area contributed by atoms with Crippen molar-refractivity contribution in [3.8, 4) is 0 Å².